The van der Waals surface area contributed by atoms with Gasteiger partial charge in [0.1, 0.15) is 0 Å². The lowest BCUT2D eigenvalue weighted by atomic mass is 9.88. The smallest absolute Gasteiger partial charge is 0.304 e. The molecule has 0 amide bonds. The molecule has 2 unspecified atom stereocenters. The van der Waals surface area contributed by atoms with Gasteiger partial charge in [-0.1, -0.05) is 0 Å². The number of carboxylic acids is 1. The minimum Gasteiger partial charge on any atom is -0.481 e. The van der Waals surface area contributed by atoms with E-state index in [1.165, 1.54) is 0 Å². The zero-order chi connectivity index (χ0) is 11.5. The van der Waals surface area contributed by atoms with Crippen LogP contribution in [0.3, 0.4) is 0 Å². The molecule has 1 aliphatic heterocycles. The molecular formula is C11H17N3O2. The van der Waals surface area contributed by atoms with Crippen molar-refractivity contribution in [2.45, 2.75) is 31.2 Å². The van der Waals surface area contributed by atoms with Crippen LogP contribution in [0.15, 0.2) is 12.3 Å². The van der Waals surface area contributed by atoms with Gasteiger partial charge in [-0.2, -0.15) is 5.10 Å². The molecule has 5 nitrogen and oxygen atoms in total. The summed E-state index contributed by atoms with van der Waals surface area (Å²) < 4.78 is 1.80. The van der Waals surface area contributed by atoms with Crippen LogP contribution < -0.4 is 5.32 Å². The van der Waals surface area contributed by atoms with Crippen molar-refractivity contribution in [3.8, 4) is 0 Å². The van der Waals surface area contributed by atoms with E-state index in [0.717, 1.165) is 25.1 Å². The van der Waals surface area contributed by atoms with Gasteiger partial charge in [-0.25, -0.2) is 0 Å². The van der Waals surface area contributed by atoms with Crippen molar-refractivity contribution < 1.29 is 9.90 Å². The van der Waals surface area contributed by atoms with Crippen LogP contribution in [-0.2, 0) is 11.8 Å². The zero-order valence-corrected chi connectivity index (χ0v) is 9.39. The third-order valence-electron chi connectivity index (χ3n) is 3.07. The number of nitrogens with zero attached hydrogens (tertiary/aromatic N) is 2. The molecule has 0 spiro atoms. The summed E-state index contributed by atoms with van der Waals surface area (Å²) in [5.41, 5.74) is 1.08. The van der Waals surface area contributed by atoms with Crippen LogP contribution in [0.2, 0.25) is 0 Å². The first-order valence-electron chi connectivity index (χ1n) is 5.60. The number of hydrogen-bond acceptors (Lipinski definition) is 3. The van der Waals surface area contributed by atoms with Gasteiger partial charge in [0, 0.05) is 25.2 Å². The maximum atomic E-state index is 10.7. The van der Waals surface area contributed by atoms with Crippen LogP contribution in [0.5, 0.6) is 0 Å². The van der Waals surface area contributed by atoms with Gasteiger partial charge in [-0.05, 0) is 25.5 Å². The van der Waals surface area contributed by atoms with E-state index in [4.69, 9.17) is 5.11 Å². The van der Waals surface area contributed by atoms with Gasteiger partial charge < -0.3 is 10.4 Å². The summed E-state index contributed by atoms with van der Waals surface area (Å²) in [7, 11) is 1.90. The second-order valence-corrected chi connectivity index (χ2v) is 4.38. The number of aliphatic carboxylic acids is 1. The molecule has 1 aromatic heterocycles. The van der Waals surface area contributed by atoms with E-state index in [9.17, 15) is 4.79 Å². The molecule has 0 bridgehead atoms. The third kappa shape index (κ3) is 2.61. The Kier molecular flexibility index (Phi) is 3.24. The summed E-state index contributed by atoms with van der Waals surface area (Å²) in [6.45, 7) is 0.874. The van der Waals surface area contributed by atoms with Crippen molar-refractivity contribution in [2.75, 3.05) is 6.54 Å². The Morgan fingerprint density at radius 3 is 3.19 bits per heavy atom. The molecule has 1 fully saturated rings. The Morgan fingerprint density at radius 2 is 2.56 bits per heavy atom. The number of carbonyl (C=O) groups is 1. The Labute approximate surface area is 94.5 Å². The molecule has 0 saturated carbocycles. The second kappa shape index (κ2) is 4.65. The summed E-state index contributed by atoms with van der Waals surface area (Å²) in [4.78, 5) is 10.7. The quantitative estimate of drug-likeness (QED) is 0.792. The monoisotopic (exact) mass is 223 g/mol. The summed E-state index contributed by atoms with van der Waals surface area (Å²) in [5.74, 6) is -0.342. The van der Waals surface area contributed by atoms with Gasteiger partial charge in [0.2, 0.25) is 0 Å². The van der Waals surface area contributed by atoms with Crippen LogP contribution in [-0.4, -0.2) is 33.4 Å². The Balaban J connectivity index is 1.99. The highest BCUT2D eigenvalue weighted by Gasteiger charge is 2.25. The molecular weight excluding hydrogens is 206 g/mol. The Hall–Kier alpha value is -1.36. The van der Waals surface area contributed by atoms with Crippen LogP contribution in [0.1, 0.15) is 30.9 Å². The normalized spacial score (nSPS) is 25.6. The van der Waals surface area contributed by atoms with Gasteiger partial charge in [0.05, 0.1) is 12.1 Å². The molecule has 0 radical (unpaired) electrons. The zero-order valence-electron chi connectivity index (χ0n) is 9.39. The first kappa shape index (κ1) is 11.1. The molecule has 5 heteroatoms. The lowest BCUT2D eigenvalue weighted by Gasteiger charge is -2.28. The number of carboxylic acid groups (broad SMARTS) is 1. The molecule has 0 aromatic carbocycles. The molecule has 16 heavy (non-hydrogen) atoms. The minimum absolute atomic E-state index is 0.0817. The molecule has 88 valence electrons. The van der Waals surface area contributed by atoms with Crippen molar-refractivity contribution in [1.82, 2.24) is 15.1 Å². The highest BCUT2D eigenvalue weighted by molar-refractivity contribution is 5.67. The van der Waals surface area contributed by atoms with Crippen LogP contribution in [0, 0.1) is 0 Å². The molecule has 2 heterocycles. The Bertz CT molecular complexity index is 375. The van der Waals surface area contributed by atoms with Gasteiger partial charge in [-0.15, -0.1) is 0 Å². The maximum absolute atomic E-state index is 10.7. The van der Waals surface area contributed by atoms with Crippen molar-refractivity contribution in [2.24, 2.45) is 7.05 Å². The fourth-order valence-corrected chi connectivity index (χ4v) is 2.29. The lowest BCUT2D eigenvalue weighted by molar-refractivity contribution is -0.137. The molecule has 2 N–H and O–H groups in total. The van der Waals surface area contributed by atoms with E-state index in [2.05, 4.69) is 10.4 Å². The highest BCUT2D eigenvalue weighted by atomic mass is 16.4. The fraction of sp³-hybridized carbons (Fsp3) is 0.636. The minimum atomic E-state index is -0.737. The predicted molar refractivity (Wildman–Crippen MR) is 59.2 cm³/mol. The van der Waals surface area contributed by atoms with Gasteiger partial charge >= 0.3 is 5.97 Å². The lowest BCUT2D eigenvalue weighted by Crippen LogP contribution is -2.38. The summed E-state index contributed by atoms with van der Waals surface area (Å²) in [6, 6.07) is 2.10. The third-order valence-corrected chi connectivity index (χ3v) is 3.07. The topological polar surface area (TPSA) is 67.2 Å². The van der Waals surface area contributed by atoms with Gasteiger partial charge in [-0.3, -0.25) is 9.48 Å². The van der Waals surface area contributed by atoms with Gasteiger partial charge in [0.25, 0.3) is 0 Å². The SMILES string of the molecule is Cn1ccc(C2CCNC(CC(=O)O)C2)n1. The molecule has 1 saturated heterocycles. The van der Waals surface area contributed by atoms with Crippen LogP contribution >= 0.6 is 0 Å². The van der Waals surface area contributed by atoms with E-state index in [0.29, 0.717) is 5.92 Å². The van der Waals surface area contributed by atoms with Gasteiger partial charge in [0.15, 0.2) is 0 Å². The number of rotatable bonds is 3. The number of piperidine rings is 1. The second-order valence-electron chi connectivity index (χ2n) is 4.38. The average Bonchev–Trinajstić information content (AvgIpc) is 2.64. The summed E-state index contributed by atoms with van der Waals surface area (Å²) >= 11 is 0. The van der Waals surface area contributed by atoms with Crippen LogP contribution in [0.4, 0.5) is 0 Å². The predicted octanol–water partition coefficient (Wildman–Crippen LogP) is 0.730. The van der Waals surface area contributed by atoms with E-state index in [1.807, 2.05) is 19.3 Å². The average molecular weight is 223 g/mol. The fourth-order valence-electron chi connectivity index (χ4n) is 2.29. The van der Waals surface area contributed by atoms with Crippen molar-refractivity contribution >= 4 is 5.97 Å². The summed E-state index contributed by atoms with van der Waals surface area (Å²) in [5, 5.41) is 16.4. The molecule has 2 rings (SSSR count). The highest BCUT2D eigenvalue weighted by Crippen LogP contribution is 2.27. The van der Waals surface area contributed by atoms with Crippen molar-refractivity contribution in [1.29, 1.82) is 0 Å². The Morgan fingerprint density at radius 1 is 1.75 bits per heavy atom. The number of hydrogen-bond donors (Lipinski definition) is 2. The van der Waals surface area contributed by atoms with Crippen molar-refractivity contribution in [3.63, 3.8) is 0 Å². The largest absolute Gasteiger partial charge is 0.481 e. The number of nitrogens with one attached hydrogen (secondary N) is 1. The van der Waals surface area contributed by atoms with Crippen LogP contribution in [0.25, 0.3) is 0 Å². The summed E-state index contributed by atoms with van der Waals surface area (Å²) in [6.07, 6.45) is 4.03. The molecule has 2 atom stereocenters. The van der Waals surface area contributed by atoms with Crippen molar-refractivity contribution in [3.05, 3.63) is 18.0 Å². The van der Waals surface area contributed by atoms with E-state index < -0.39 is 5.97 Å². The molecule has 1 aromatic rings. The maximum Gasteiger partial charge on any atom is 0.304 e. The van der Waals surface area contributed by atoms with E-state index >= 15 is 0 Å². The first-order valence-corrected chi connectivity index (χ1v) is 5.60. The van der Waals surface area contributed by atoms with E-state index in [1.54, 1.807) is 4.68 Å². The molecule has 0 aliphatic carbocycles. The number of aromatic nitrogens is 2. The first-order chi connectivity index (χ1) is 7.65. The number of aryl methyl sites for hydroxylation is 1. The molecule has 1 aliphatic rings. The standard InChI is InChI=1S/C11H17N3O2/c1-14-5-3-10(13-14)8-2-4-12-9(6-8)7-11(15)16/h3,5,8-9,12H,2,4,6-7H2,1H3,(H,15,16). The van der Waals surface area contributed by atoms with E-state index in [-0.39, 0.29) is 12.5 Å².